The summed E-state index contributed by atoms with van der Waals surface area (Å²) in [6.07, 6.45) is 0. The topological polar surface area (TPSA) is 101 Å². The van der Waals surface area contributed by atoms with E-state index in [1.165, 1.54) is 30.6 Å². The van der Waals surface area contributed by atoms with E-state index in [-0.39, 0.29) is 11.3 Å². The van der Waals surface area contributed by atoms with Crippen molar-refractivity contribution < 1.29 is 19.4 Å². The Kier molecular flexibility index (Phi) is 4.39. The van der Waals surface area contributed by atoms with E-state index in [0.29, 0.717) is 10.9 Å². The van der Waals surface area contributed by atoms with Crippen LogP contribution in [0.25, 0.3) is 0 Å². The fourth-order valence-corrected chi connectivity index (χ4v) is 2.28. The second-order valence-corrected chi connectivity index (χ2v) is 4.95. The number of methoxy groups -OCH3 is 1. The van der Waals surface area contributed by atoms with Gasteiger partial charge in [-0.3, -0.25) is 5.32 Å². The molecular weight excluding hydrogens is 294 g/mol. The SMILES string of the molecule is COc1ccc(NC(=O)Nc2nc(C)cs2)c(C(=O)O)c1. The van der Waals surface area contributed by atoms with E-state index in [4.69, 9.17) is 9.84 Å². The largest absolute Gasteiger partial charge is 0.497 e. The lowest BCUT2D eigenvalue weighted by atomic mass is 10.1. The molecule has 110 valence electrons. The van der Waals surface area contributed by atoms with E-state index in [0.717, 1.165) is 5.69 Å². The fourth-order valence-electron chi connectivity index (χ4n) is 1.60. The van der Waals surface area contributed by atoms with Crippen molar-refractivity contribution in [1.82, 2.24) is 4.98 Å². The Bertz CT molecular complexity index is 684. The predicted octanol–water partition coefficient (Wildman–Crippen LogP) is 2.80. The highest BCUT2D eigenvalue weighted by Crippen LogP contribution is 2.22. The number of nitrogens with one attached hydrogen (secondary N) is 2. The van der Waals surface area contributed by atoms with Crippen molar-refractivity contribution in [2.75, 3.05) is 17.7 Å². The summed E-state index contributed by atoms with van der Waals surface area (Å²) in [7, 11) is 1.44. The van der Waals surface area contributed by atoms with Gasteiger partial charge in [0.2, 0.25) is 0 Å². The predicted molar refractivity (Wildman–Crippen MR) is 79.4 cm³/mol. The van der Waals surface area contributed by atoms with Crippen LogP contribution in [0.4, 0.5) is 15.6 Å². The molecule has 0 aliphatic rings. The number of aromatic carboxylic acids is 1. The molecule has 0 saturated heterocycles. The standard InChI is InChI=1S/C13H13N3O4S/c1-7-6-21-13(14-7)16-12(19)15-10-4-3-8(20-2)5-9(10)11(17)18/h3-6H,1-2H3,(H,17,18)(H2,14,15,16,19). The van der Waals surface area contributed by atoms with Crippen molar-refractivity contribution in [2.45, 2.75) is 6.92 Å². The van der Waals surface area contributed by atoms with Gasteiger partial charge < -0.3 is 15.2 Å². The molecule has 0 aliphatic carbocycles. The van der Waals surface area contributed by atoms with Gasteiger partial charge in [-0.2, -0.15) is 0 Å². The first-order valence-corrected chi connectivity index (χ1v) is 6.79. The van der Waals surface area contributed by atoms with Crippen LogP contribution in [-0.4, -0.2) is 29.2 Å². The molecule has 1 aromatic carbocycles. The van der Waals surface area contributed by atoms with Crippen molar-refractivity contribution in [1.29, 1.82) is 0 Å². The lowest BCUT2D eigenvalue weighted by Gasteiger charge is -2.10. The van der Waals surface area contributed by atoms with E-state index in [2.05, 4.69) is 15.6 Å². The maximum Gasteiger partial charge on any atom is 0.337 e. The number of carboxylic acid groups (broad SMARTS) is 1. The van der Waals surface area contributed by atoms with E-state index >= 15 is 0 Å². The Morgan fingerprint density at radius 3 is 2.67 bits per heavy atom. The smallest absolute Gasteiger partial charge is 0.337 e. The number of rotatable bonds is 4. The van der Waals surface area contributed by atoms with Crippen molar-refractivity contribution in [3.8, 4) is 5.75 Å². The molecule has 2 rings (SSSR count). The molecule has 2 amide bonds. The van der Waals surface area contributed by atoms with E-state index < -0.39 is 12.0 Å². The molecule has 0 radical (unpaired) electrons. The number of aryl methyl sites for hydroxylation is 1. The average Bonchev–Trinajstić information content (AvgIpc) is 2.84. The monoisotopic (exact) mass is 307 g/mol. The number of urea groups is 1. The summed E-state index contributed by atoms with van der Waals surface area (Å²) in [5.74, 6) is -0.761. The average molecular weight is 307 g/mol. The van der Waals surface area contributed by atoms with Crippen LogP contribution in [0.15, 0.2) is 23.6 Å². The number of carbonyl (C=O) groups excluding carboxylic acids is 1. The maximum atomic E-state index is 11.8. The Morgan fingerprint density at radius 1 is 1.33 bits per heavy atom. The fraction of sp³-hybridized carbons (Fsp3) is 0.154. The first kappa shape index (κ1) is 14.8. The number of hydrogen-bond acceptors (Lipinski definition) is 5. The molecule has 0 bridgehead atoms. The molecule has 0 atom stereocenters. The van der Waals surface area contributed by atoms with Gasteiger partial charge in [0, 0.05) is 5.38 Å². The Hall–Kier alpha value is -2.61. The van der Waals surface area contributed by atoms with Gasteiger partial charge in [-0.05, 0) is 25.1 Å². The molecule has 2 aromatic rings. The summed E-state index contributed by atoms with van der Waals surface area (Å²) in [6, 6.07) is 3.81. The Balaban J connectivity index is 2.14. The van der Waals surface area contributed by atoms with Crippen molar-refractivity contribution in [2.24, 2.45) is 0 Å². The molecule has 21 heavy (non-hydrogen) atoms. The third-order valence-corrected chi connectivity index (χ3v) is 3.42. The van der Waals surface area contributed by atoms with Gasteiger partial charge in [0.05, 0.1) is 24.1 Å². The molecule has 0 spiro atoms. The third-order valence-electron chi connectivity index (χ3n) is 2.54. The number of carboxylic acids is 1. The molecule has 7 nitrogen and oxygen atoms in total. The van der Waals surface area contributed by atoms with E-state index in [9.17, 15) is 9.59 Å². The third kappa shape index (κ3) is 3.69. The number of benzene rings is 1. The van der Waals surface area contributed by atoms with E-state index in [1.54, 1.807) is 11.4 Å². The first-order valence-electron chi connectivity index (χ1n) is 5.91. The number of hydrogen-bond donors (Lipinski definition) is 3. The van der Waals surface area contributed by atoms with Crippen molar-refractivity contribution in [3.63, 3.8) is 0 Å². The number of thiazole rings is 1. The van der Waals surface area contributed by atoms with Crippen LogP contribution >= 0.6 is 11.3 Å². The minimum atomic E-state index is -1.16. The summed E-state index contributed by atoms with van der Waals surface area (Å²) in [4.78, 5) is 27.1. The summed E-state index contributed by atoms with van der Waals surface area (Å²) in [5.41, 5.74) is 0.917. The lowest BCUT2D eigenvalue weighted by molar-refractivity contribution is 0.0697. The Labute approximate surface area is 124 Å². The Morgan fingerprint density at radius 2 is 2.10 bits per heavy atom. The normalized spacial score (nSPS) is 10.0. The van der Waals surface area contributed by atoms with Gasteiger partial charge in [0.1, 0.15) is 5.75 Å². The van der Waals surface area contributed by atoms with Gasteiger partial charge in [0.15, 0.2) is 5.13 Å². The lowest BCUT2D eigenvalue weighted by Crippen LogP contribution is -2.21. The highest BCUT2D eigenvalue weighted by Gasteiger charge is 2.14. The molecule has 0 saturated carbocycles. The minimum Gasteiger partial charge on any atom is -0.497 e. The second kappa shape index (κ2) is 6.23. The van der Waals surface area contributed by atoms with Gasteiger partial charge in [0.25, 0.3) is 0 Å². The molecular formula is C13H13N3O4S. The van der Waals surface area contributed by atoms with Crippen molar-refractivity contribution >= 4 is 34.2 Å². The second-order valence-electron chi connectivity index (χ2n) is 4.09. The number of amides is 2. The van der Waals surface area contributed by atoms with Gasteiger partial charge in [-0.15, -0.1) is 11.3 Å². The van der Waals surface area contributed by atoms with Gasteiger partial charge >= 0.3 is 12.0 Å². The van der Waals surface area contributed by atoms with Crippen LogP contribution in [0, 0.1) is 6.92 Å². The van der Waals surface area contributed by atoms with Crippen LogP contribution in [0.1, 0.15) is 16.1 Å². The van der Waals surface area contributed by atoms with Gasteiger partial charge in [-0.25, -0.2) is 14.6 Å². The highest BCUT2D eigenvalue weighted by atomic mass is 32.1. The van der Waals surface area contributed by atoms with Gasteiger partial charge in [-0.1, -0.05) is 0 Å². The number of nitrogens with zero attached hydrogens (tertiary/aromatic N) is 1. The molecule has 1 heterocycles. The first-order chi connectivity index (χ1) is 9.99. The molecule has 8 heteroatoms. The van der Waals surface area contributed by atoms with Crippen LogP contribution in [-0.2, 0) is 0 Å². The number of anilines is 2. The minimum absolute atomic E-state index is 0.0557. The molecule has 0 fully saturated rings. The summed E-state index contributed by atoms with van der Waals surface area (Å²) in [6.45, 7) is 1.81. The van der Waals surface area contributed by atoms with Crippen LogP contribution < -0.4 is 15.4 Å². The number of ether oxygens (including phenoxy) is 1. The highest BCUT2D eigenvalue weighted by molar-refractivity contribution is 7.13. The van der Waals surface area contributed by atoms with E-state index in [1.807, 2.05) is 6.92 Å². The van der Waals surface area contributed by atoms with Crippen LogP contribution in [0.5, 0.6) is 5.75 Å². The molecule has 1 aromatic heterocycles. The summed E-state index contributed by atoms with van der Waals surface area (Å²) in [5, 5.41) is 16.4. The quantitative estimate of drug-likeness (QED) is 0.806. The molecule has 0 aliphatic heterocycles. The van der Waals surface area contributed by atoms with Crippen LogP contribution in [0.3, 0.4) is 0 Å². The zero-order valence-electron chi connectivity index (χ0n) is 11.3. The summed E-state index contributed by atoms with van der Waals surface area (Å²) < 4.78 is 4.96. The maximum absolute atomic E-state index is 11.8. The van der Waals surface area contributed by atoms with Crippen molar-refractivity contribution in [3.05, 3.63) is 34.8 Å². The zero-order valence-corrected chi connectivity index (χ0v) is 12.2. The summed E-state index contributed by atoms with van der Waals surface area (Å²) >= 11 is 1.29. The zero-order chi connectivity index (χ0) is 15.4. The molecule has 0 unspecified atom stereocenters. The number of carbonyl (C=O) groups is 2. The molecule has 3 N–H and O–H groups in total. The van der Waals surface area contributed by atoms with Crippen LogP contribution in [0.2, 0.25) is 0 Å². The number of aromatic nitrogens is 1.